The van der Waals surface area contributed by atoms with E-state index in [0.29, 0.717) is 23.4 Å². The molecule has 1 aliphatic carbocycles. The van der Waals surface area contributed by atoms with Gasteiger partial charge in [0.05, 0.1) is 12.0 Å². The molecular formula is C16H15FN4O2. The highest BCUT2D eigenvalue weighted by atomic mass is 19.1. The lowest BCUT2D eigenvalue weighted by Crippen LogP contribution is -2.39. The minimum Gasteiger partial charge on any atom is -0.325 e. The van der Waals surface area contributed by atoms with Gasteiger partial charge >= 0.3 is 5.69 Å². The van der Waals surface area contributed by atoms with E-state index in [1.807, 2.05) is 6.92 Å². The second-order valence-electron chi connectivity index (χ2n) is 5.70. The van der Waals surface area contributed by atoms with E-state index >= 15 is 0 Å². The van der Waals surface area contributed by atoms with Gasteiger partial charge < -0.3 is 4.57 Å². The average Bonchev–Trinajstić information content (AvgIpc) is 3.27. The molecular weight excluding hydrogens is 299 g/mol. The minimum absolute atomic E-state index is 0.0497. The molecule has 0 amide bonds. The molecule has 6 nitrogen and oxygen atoms in total. The van der Waals surface area contributed by atoms with Crippen molar-refractivity contribution >= 4 is 11.2 Å². The van der Waals surface area contributed by atoms with Crippen LogP contribution in [0.2, 0.25) is 0 Å². The zero-order chi connectivity index (χ0) is 16.1. The Hall–Kier alpha value is -2.70. The highest BCUT2D eigenvalue weighted by molar-refractivity contribution is 5.72. The highest BCUT2D eigenvalue weighted by Crippen LogP contribution is 2.32. The molecule has 0 radical (unpaired) electrons. The molecule has 0 N–H and O–H groups in total. The molecule has 0 saturated heterocycles. The molecule has 1 fully saturated rings. The highest BCUT2D eigenvalue weighted by Gasteiger charge is 2.30. The zero-order valence-corrected chi connectivity index (χ0v) is 12.6. The molecule has 7 heteroatoms. The van der Waals surface area contributed by atoms with Crippen molar-refractivity contribution in [1.82, 2.24) is 18.7 Å². The first kappa shape index (κ1) is 13.9. The van der Waals surface area contributed by atoms with Crippen LogP contribution in [-0.2, 0) is 6.54 Å². The first-order valence-electron chi connectivity index (χ1n) is 7.60. The summed E-state index contributed by atoms with van der Waals surface area (Å²) in [5.41, 5.74) is 0.494. The number of aromatic nitrogens is 4. The van der Waals surface area contributed by atoms with E-state index in [9.17, 15) is 14.0 Å². The molecule has 0 bridgehead atoms. The van der Waals surface area contributed by atoms with Crippen LogP contribution in [0.4, 0.5) is 4.39 Å². The van der Waals surface area contributed by atoms with Crippen LogP contribution in [0.5, 0.6) is 0 Å². The van der Waals surface area contributed by atoms with Crippen LogP contribution in [0.1, 0.15) is 25.8 Å². The van der Waals surface area contributed by atoms with Gasteiger partial charge in [-0.25, -0.2) is 18.7 Å². The number of hydrogen-bond acceptors (Lipinski definition) is 3. The summed E-state index contributed by atoms with van der Waals surface area (Å²) in [6.45, 7) is 2.49. The lowest BCUT2D eigenvalue weighted by molar-refractivity contribution is 0.624. The molecule has 1 saturated carbocycles. The van der Waals surface area contributed by atoms with Crippen molar-refractivity contribution in [3.05, 3.63) is 57.2 Å². The molecule has 2 aromatic heterocycles. The Morgan fingerprint density at radius 1 is 1.22 bits per heavy atom. The summed E-state index contributed by atoms with van der Waals surface area (Å²) in [5, 5.41) is 0. The van der Waals surface area contributed by atoms with Gasteiger partial charge in [-0.1, -0.05) is 0 Å². The molecule has 0 spiro atoms. The van der Waals surface area contributed by atoms with Crippen LogP contribution in [-0.4, -0.2) is 18.7 Å². The smallest absolute Gasteiger partial charge is 0.325 e. The van der Waals surface area contributed by atoms with Gasteiger partial charge in [-0.15, -0.1) is 0 Å². The van der Waals surface area contributed by atoms with Crippen LogP contribution in [0.25, 0.3) is 16.9 Å². The van der Waals surface area contributed by atoms with Gasteiger partial charge in [0.2, 0.25) is 0 Å². The Labute approximate surface area is 130 Å². The minimum atomic E-state index is -0.419. The fraction of sp³-hybridized carbons (Fsp3) is 0.312. The monoisotopic (exact) mass is 314 g/mol. The summed E-state index contributed by atoms with van der Waals surface area (Å²) in [6, 6.07) is 5.56. The number of imidazole rings is 1. The van der Waals surface area contributed by atoms with E-state index in [1.165, 1.54) is 33.4 Å². The lowest BCUT2D eigenvalue weighted by Gasteiger charge is -2.11. The fourth-order valence-electron chi connectivity index (χ4n) is 2.87. The number of benzene rings is 1. The second kappa shape index (κ2) is 4.91. The lowest BCUT2D eigenvalue weighted by atomic mass is 10.3. The molecule has 2 heterocycles. The third-order valence-corrected chi connectivity index (χ3v) is 4.19. The van der Waals surface area contributed by atoms with Crippen molar-refractivity contribution in [1.29, 1.82) is 0 Å². The van der Waals surface area contributed by atoms with E-state index in [2.05, 4.69) is 4.98 Å². The third kappa shape index (κ3) is 2.03. The summed E-state index contributed by atoms with van der Waals surface area (Å²) < 4.78 is 17.6. The van der Waals surface area contributed by atoms with Crippen molar-refractivity contribution in [2.75, 3.05) is 0 Å². The predicted octanol–water partition coefficient (Wildman–Crippen LogP) is 1.84. The standard InChI is InChI=1S/C16H15FN4O2/c1-2-19-9-18-14-13(19)15(22)21(12-7-8-12)16(23)20(14)11-5-3-10(17)4-6-11/h3-6,9,12H,2,7-8H2,1H3. The quantitative estimate of drug-likeness (QED) is 0.741. The average molecular weight is 314 g/mol. The van der Waals surface area contributed by atoms with Gasteiger partial charge in [0, 0.05) is 12.6 Å². The molecule has 1 aromatic carbocycles. The van der Waals surface area contributed by atoms with Gasteiger partial charge in [-0.3, -0.25) is 9.36 Å². The Bertz CT molecular complexity index is 1010. The summed E-state index contributed by atoms with van der Waals surface area (Å²) >= 11 is 0. The Morgan fingerprint density at radius 3 is 2.52 bits per heavy atom. The molecule has 23 heavy (non-hydrogen) atoms. The van der Waals surface area contributed by atoms with Crippen molar-refractivity contribution in [2.24, 2.45) is 0 Å². The third-order valence-electron chi connectivity index (χ3n) is 4.19. The van der Waals surface area contributed by atoms with Gasteiger partial charge in [0.15, 0.2) is 11.2 Å². The number of fused-ring (bicyclic) bond motifs is 1. The summed E-state index contributed by atoms with van der Waals surface area (Å²) in [4.78, 5) is 29.8. The molecule has 0 atom stereocenters. The Balaban J connectivity index is 2.14. The maximum Gasteiger partial charge on any atom is 0.337 e. The van der Waals surface area contributed by atoms with Crippen LogP contribution in [0, 0.1) is 5.82 Å². The summed E-state index contributed by atoms with van der Waals surface area (Å²) in [6.07, 6.45) is 3.21. The number of aryl methyl sites for hydroxylation is 1. The Morgan fingerprint density at radius 2 is 1.91 bits per heavy atom. The van der Waals surface area contributed by atoms with Gasteiger partial charge in [-0.2, -0.15) is 0 Å². The molecule has 1 aliphatic rings. The second-order valence-corrected chi connectivity index (χ2v) is 5.70. The number of rotatable bonds is 3. The number of hydrogen-bond donors (Lipinski definition) is 0. The molecule has 3 aromatic rings. The zero-order valence-electron chi connectivity index (χ0n) is 12.6. The first-order chi connectivity index (χ1) is 11.1. The van der Waals surface area contributed by atoms with Gasteiger partial charge in [0.1, 0.15) is 5.82 Å². The van der Waals surface area contributed by atoms with Crippen LogP contribution < -0.4 is 11.2 Å². The topological polar surface area (TPSA) is 61.8 Å². The molecule has 118 valence electrons. The molecule has 4 rings (SSSR count). The van der Waals surface area contributed by atoms with Crippen molar-refractivity contribution in [3.63, 3.8) is 0 Å². The van der Waals surface area contributed by atoms with E-state index in [-0.39, 0.29) is 17.4 Å². The van der Waals surface area contributed by atoms with E-state index in [1.54, 1.807) is 10.9 Å². The SMILES string of the molecule is CCn1cnc2c1c(=O)n(C1CC1)c(=O)n2-c1ccc(F)cc1. The van der Waals surface area contributed by atoms with E-state index in [0.717, 1.165) is 12.8 Å². The van der Waals surface area contributed by atoms with E-state index < -0.39 is 5.69 Å². The Kier molecular flexibility index (Phi) is 2.97. The first-order valence-corrected chi connectivity index (χ1v) is 7.60. The maximum absolute atomic E-state index is 13.2. The number of halogens is 1. The summed E-state index contributed by atoms with van der Waals surface area (Å²) in [5.74, 6) is -0.382. The number of nitrogens with zero attached hydrogens (tertiary/aromatic N) is 4. The fourth-order valence-corrected chi connectivity index (χ4v) is 2.87. The van der Waals surface area contributed by atoms with Crippen molar-refractivity contribution < 1.29 is 4.39 Å². The van der Waals surface area contributed by atoms with Gasteiger partial charge in [0.25, 0.3) is 5.56 Å². The predicted molar refractivity (Wildman–Crippen MR) is 83.5 cm³/mol. The van der Waals surface area contributed by atoms with Crippen molar-refractivity contribution in [2.45, 2.75) is 32.4 Å². The van der Waals surface area contributed by atoms with E-state index in [4.69, 9.17) is 0 Å². The normalized spacial score (nSPS) is 14.5. The molecule has 0 aliphatic heterocycles. The van der Waals surface area contributed by atoms with Crippen molar-refractivity contribution in [3.8, 4) is 5.69 Å². The summed E-state index contributed by atoms with van der Waals surface area (Å²) in [7, 11) is 0. The van der Waals surface area contributed by atoms with Crippen LogP contribution in [0.15, 0.2) is 40.2 Å². The van der Waals surface area contributed by atoms with Crippen LogP contribution in [0.3, 0.4) is 0 Å². The van der Waals surface area contributed by atoms with Crippen LogP contribution >= 0.6 is 0 Å². The largest absolute Gasteiger partial charge is 0.337 e. The molecule has 0 unspecified atom stereocenters. The van der Waals surface area contributed by atoms with Gasteiger partial charge in [-0.05, 0) is 44.0 Å². The maximum atomic E-state index is 13.2.